The lowest BCUT2D eigenvalue weighted by Crippen LogP contribution is -2.47. The zero-order chi connectivity index (χ0) is 21.3. The summed E-state index contributed by atoms with van der Waals surface area (Å²) in [7, 11) is 0. The van der Waals surface area contributed by atoms with E-state index in [1.165, 1.54) is 11.8 Å². The zero-order valence-electron chi connectivity index (χ0n) is 16.6. The number of likely N-dealkylation sites (tertiary alicyclic amines) is 1. The molecule has 0 unspecified atom stereocenters. The lowest BCUT2D eigenvalue weighted by atomic mass is 10.1. The molecule has 8 heteroatoms. The van der Waals surface area contributed by atoms with Crippen molar-refractivity contribution in [2.45, 2.75) is 24.6 Å². The molecule has 1 heterocycles. The van der Waals surface area contributed by atoms with Crippen molar-refractivity contribution < 1.29 is 9.59 Å². The number of benzene rings is 2. The van der Waals surface area contributed by atoms with E-state index >= 15 is 0 Å². The summed E-state index contributed by atoms with van der Waals surface area (Å²) in [6.07, 6.45) is 1.69. The first-order valence-corrected chi connectivity index (χ1v) is 11.8. The lowest BCUT2D eigenvalue weighted by Gasteiger charge is -2.31. The fourth-order valence-corrected chi connectivity index (χ4v) is 4.72. The van der Waals surface area contributed by atoms with Crippen molar-refractivity contribution in [3.05, 3.63) is 64.1 Å². The summed E-state index contributed by atoms with van der Waals surface area (Å²) in [6.45, 7) is 1.95. The number of anilines is 1. The number of thioether (sulfide) groups is 1. The second-order valence-corrected chi connectivity index (χ2v) is 9.09. The minimum atomic E-state index is -0.0130. The van der Waals surface area contributed by atoms with Crippen LogP contribution in [0.25, 0.3) is 0 Å². The molecule has 1 aliphatic rings. The number of hydrogen-bond donors (Lipinski definition) is 2. The van der Waals surface area contributed by atoms with E-state index in [0.717, 1.165) is 37.2 Å². The van der Waals surface area contributed by atoms with Crippen molar-refractivity contribution in [3.8, 4) is 0 Å². The molecule has 0 aromatic heterocycles. The maximum absolute atomic E-state index is 12.2. The van der Waals surface area contributed by atoms with Gasteiger partial charge >= 0.3 is 0 Å². The molecule has 2 N–H and O–H groups in total. The first-order valence-electron chi connectivity index (χ1n) is 9.88. The van der Waals surface area contributed by atoms with Crippen LogP contribution in [0.2, 0.25) is 10.0 Å². The molecule has 0 atom stereocenters. The second kappa shape index (κ2) is 11.6. The van der Waals surface area contributed by atoms with Crippen molar-refractivity contribution >= 4 is 52.5 Å². The molecule has 2 aromatic rings. The van der Waals surface area contributed by atoms with Crippen LogP contribution in [0.15, 0.2) is 48.5 Å². The Morgan fingerprint density at radius 2 is 1.77 bits per heavy atom. The van der Waals surface area contributed by atoms with Gasteiger partial charge in [-0.15, -0.1) is 11.8 Å². The summed E-state index contributed by atoms with van der Waals surface area (Å²) in [4.78, 5) is 26.5. The van der Waals surface area contributed by atoms with Crippen LogP contribution in [0.4, 0.5) is 5.69 Å². The standard InChI is InChI=1S/C22H25Cl2N3O2S/c23-17-7-6-16(20(24)12-17)14-30-15-22(29)26-19-8-10-27(11-9-19)13-21(28)25-18-4-2-1-3-5-18/h1-7,12,19H,8-11,13-15H2,(H,25,28)(H,26,29). The van der Waals surface area contributed by atoms with E-state index < -0.39 is 0 Å². The predicted octanol–water partition coefficient (Wildman–Crippen LogP) is 4.45. The minimum absolute atomic E-state index is 0.0130. The fraction of sp³-hybridized carbons (Fsp3) is 0.364. The molecule has 2 amide bonds. The van der Waals surface area contributed by atoms with Gasteiger partial charge < -0.3 is 10.6 Å². The normalized spacial score (nSPS) is 15.0. The third-order valence-corrected chi connectivity index (χ3v) is 6.45. The second-order valence-electron chi connectivity index (χ2n) is 7.26. The molecular formula is C22H25Cl2N3O2S. The van der Waals surface area contributed by atoms with Gasteiger partial charge in [-0.05, 0) is 42.7 Å². The summed E-state index contributed by atoms with van der Waals surface area (Å²) in [5.41, 5.74) is 1.78. The highest BCUT2D eigenvalue weighted by Crippen LogP contribution is 2.24. The number of nitrogens with one attached hydrogen (secondary N) is 2. The van der Waals surface area contributed by atoms with Crippen LogP contribution in [0.1, 0.15) is 18.4 Å². The predicted molar refractivity (Wildman–Crippen MR) is 125 cm³/mol. The summed E-state index contributed by atoms with van der Waals surface area (Å²) < 4.78 is 0. The molecule has 0 aliphatic carbocycles. The van der Waals surface area contributed by atoms with Crippen LogP contribution in [-0.2, 0) is 15.3 Å². The van der Waals surface area contributed by atoms with Crippen molar-refractivity contribution in [2.75, 3.05) is 30.7 Å². The third kappa shape index (κ3) is 7.51. The van der Waals surface area contributed by atoms with Crippen molar-refractivity contribution in [1.82, 2.24) is 10.2 Å². The third-order valence-electron chi connectivity index (χ3n) is 4.88. The number of nitrogens with zero attached hydrogens (tertiary/aromatic N) is 1. The Morgan fingerprint density at radius 1 is 1.03 bits per heavy atom. The van der Waals surface area contributed by atoms with Gasteiger partial charge in [0.2, 0.25) is 11.8 Å². The molecule has 1 fully saturated rings. The lowest BCUT2D eigenvalue weighted by molar-refractivity contribution is -0.120. The number of hydrogen-bond acceptors (Lipinski definition) is 4. The molecule has 0 saturated carbocycles. The van der Waals surface area contributed by atoms with Gasteiger partial charge in [0.1, 0.15) is 0 Å². The van der Waals surface area contributed by atoms with Gasteiger partial charge in [0.25, 0.3) is 0 Å². The minimum Gasteiger partial charge on any atom is -0.353 e. The van der Waals surface area contributed by atoms with Crippen molar-refractivity contribution in [2.24, 2.45) is 0 Å². The fourth-order valence-electron chi connectivity index (χ4n) is 3.32. The van der Waals surface area contributed by atoms with E-state index in [0.29, 0.717) is 28.1 Å². The molecule has 0 bridgehead atoms. The monoisotopic (exact) mass is 465 g/mol. The molecule has 1 aliphatic heterocycles. The first-order chi connectivity index (χ1) is 14.5. The highest BCUT2D eigenvalue weighted by Gasteiger charge is 2.22. The van der Waals surface area contributed by atoms with Crippen LogP contribution >= 0.6 is 35.0 Å². The average molecular weight is 466 g/mol. The Kier molecular flexibility index (Phi) is 8.88. The number of carbonyl (C=O) groups is 2. The maximum atomic E-state index is 12.2. The van der Waals surface area contributed by atoms with Gasteiger partial charge in [-0.25, -0.2) is 0 Å². The van der Waals surface area contributed by atoms with Crippen LogP contribution < -0.4 is 10.6 Å². The van der Waals surface area contributed by atoms with E-state index in [1.807, 2.05) is 36.4 Å². The van der Waals surface area contributed by atoms with Gasteiger partial charge in [0, 0.05) is 40.6 Å². The molecule has 5 nitrogen and oxygen atoms in total. The Bertz CT molecular complexity index is 859. The molecule has 0 radical (unpaired) electrons. The van der Waals surface area contributed by atoms with Crippen molar-refractivity contribution in [3.63, 3.8) is 0 Å². The Hall–Kier alpha value is -1.73. The van der Waals surface area contributed by atoms with Gasteiger partial charge in [-0.2, -0.15) is 0 Å². The summed E-state index contributed by atoms with van der Waals surface area (Å²) in [5.74, 6) is 1.07. The van der Waals surface area contributed by atoms with E-state index in [4.69, 9.17) is 23.2 Å². The quantitative estimate of drug-likeness (QED) is 0.604. The molecule has 3 rings (SSSR count). The van der Waals surface area contributed by atoms with Crippen LogP contribution in [0.3, 0.4) is 0 Å². The van der Waals surface area contributed by atoms with E-state index in [1.54, 1.807) is 12.1 Å². The van der Waals surface area contributed by atoms with Gasteiger partial charge in [0.05, 0.1) is 12.3 Å². The van der Waals surface area contributed by atoms with E-state index in [9.17, 15) is 9.59 Å². The molecule has 0 spiro atoms. The van der Waals surface area contributed by atoms with E-state index in [-0.39, 0.29) is 17.9 Å². The zero-order valence-corrected chi connectivity index (χ0v) is 18.9. The highest BCUT2D eigenvalue weighted by molar-refractivity contribution is 7.99. The van der Waals surface area contributed by atoms with Crippen LogP contribution in [0, 0.1) is 0 Å². The maximum Gasteiger partial charge on any atom is 0.238 e. The molecule has 1 saturated heterocycles. The number of rotatable bonds is 8. The molecule has 30 heavy (non-hydrogen) atoms. The number of carbonyl (C=O) groups excluding carboxylic acids is 2. The highest BCUT2D eigenvalue weighted by atomic mass is 35.5. The number of amides is 2. The molecule has 160 valence electrons. The summed E-state index contributed by atoms with van der Waals surface area (Å²) in [5, 5.41) is 7.24. The van der Waals surface area contributed by atoms with Gasteiger partial charge in [-0.3, -0.25) is 14.5 Å². The SMILES string of the molecule is O=C(CN1CCC(NC(=O)CSCc2ccc(Cl)cc2Cl)CC1)Nc1ccccc1. The number of halogens is 2. The topological polar surface area (TPSA) is 61.4 Å². The Balaban J connectivity index is 1.32. The molecular weight excluding hydrogens is 441 g/mol. The van der Waals surface area contributed by atoms with Gasteiger partial charge in [-0.1, -0.05) is 47.5 Å². The molecule has 2 aromatic carbocycles. The van der Waals surface area contributed by atoms with Gasteiger partial charge in [0.15, 0.2) is 0 Å². The Morgan fingerprint density at radius 3 is 2.47 bits per heavy atom. The van der Waals surface area contributed by atoms with Crippen molar-refractivity contribution in [1.29, 1.82) is 0 Å². The first kappa shape index (κ1) is 22.9. The van der Waals surface area contributed by atoms with Crippen LogP contribution in [-0.4, -0.2) is 48.1 Å². The largest absolute Gasteiger partial charge is 0.353 e. The number of piperidine rings is 1. The van der Waals surface area contributed by atoms with Crippen LogP contribution in [0.5, 0.6) is 0 Å². The smallest absolute Gasteiger partial charge is 0.238 e. The average Bonchev–Trinajstić information content (AvgIpc) is 2.72. The Labute approximate surface area is 191 Å². The summed E-state index contributed by atoms with van der Waals surface area (Å²) >= 11 is 13.6. The summed E-state index contributed by atoms with van der Waals surface area (Å²) in [6, 6.07) is 15.0. The number of para-hydroxylation sites is 1. The van der Waals surface area contributed by atoms with E-state index in [2.05, 4.69) is 15.5 Å².